The van der Waals surface area contributed by atoms with Crippen LogP contribution in [0.4, 0.5) is 0 Å². The molecule has 0 fully saturated rings. The van der Waals surface area contributed by atoms with Gasteiger partial charge in [0.25, 0.3) is 0 Å². The van der Waals surface area contributed by atoms with Crippen molar-refractivity contribution in [3.63, 3.8) is 0 Å². The summed E-state index contributed by atoms with van der Waals surface area (Å²) in [6, 6.07) is 47.1. The summed E-state index contributed by atoms with van der Waals surface area (Å²) in [6.07, 6.45) is 10.1. The highest BCUT2D eigenvalue weighted by Gasteiger charge is 2.19. The average molecular weight is 639 g/mol. The zero-order valence-electron chi connectivity index (χ0n) is 28.2. The lowest BCUT2D eigenvalue weighted by atomic mass is 9.82. The van der Waals surface area contributed by atoms with E-state index in [0.29, 0.717) is 13.3 Å². The van der Waals surface area contributed by atoms with Gasteiger partial charge in [-0.05, 0) is 71.0 Å². The topological polar surface area (TPSA) is 41.4 Å². The molecule has 0 spiro atoms. The Morgan fingerprint density at radius 1 is 0.755 bits per heavy atom. The van der Waals surface area contributed by atoms with Crippen LogP contribution in [-0.4, -0.2) is 23.6 Å². The largest absolute Gasteiger partial charge is 0.357 e. The van der Waals surface area contributed by atoms with Gasteiger partial charge in [0.1, 0.15) is 12.5 Å². The van der Waals surface area contributed by atoms with Crippen LogP contribution in [0.1, 0.15) is 48.1 Å². The molecule has 0 atom stereocenters. The predicted molar refractivity (Wildman–Crippen MR) is 209 cm³/mol. The Kier molecular flexibility index (Phi) is 9.77. The molecule has 0 unspecified atom stereocenters. The number of fused-ring (bicyclic) bond motifs is 2. The van der Waals surface area contributed by atoms with E-state index in [-0.39, 0.29) is 0 Å². The highest BCUT2D eigenvalue weighted by molar-refractivity contribution is 6.00. The van der Waals surface area contributed by atoms with Crippen molar-refractivity contribution in [2.45, 2.75) is 26.9 Å². The molecule has 0 saturated heterocycles. The molecule has 1 aromatic heterocycles. The fraction of sp³-hybridized carbons (Fsp3) is 0.133. The van der Waals surface area contributed by atoms with Gasteiger partial charge in [0, 0.05) is 22.7 Å². The fourth-order valence-electron chi connectivity index (χ4n) is 6.66. The maximum Gasteiger partial charge on any atom is 0.131 e. The van der Waals surface area contributed by atoms with E-state index in [9.17, 15) is 0 Å². The van der Waals surface area contributed by atoms with Crippen LogP contribution in [0.25, 0.3) is 45.3 Å². The van der Waals surface area contributed by atoms with Crippen LogP contribution in [0, 0.1) is 0 Å². The van der Waals surface area contributed by atoms with Crippen molar-refractivity contribution in [1.29, 1.82) is 0 Å². The van der Waals surface area contributed by atoms with Crippen molar-refractivity contribution >= 4 is 40.0 Å². The average Bonchev–Trinajstić information content (AvgIpc) is 3.51. The normalized spacial score (nSPS) is 14.2. The molecule has 242 valence electrons. The third-order valence-electron chi connectivity index (χ3n) is 9.12. The Morgan fingerprint density at radius 2 is 1.47 bits per heavy atom. The minimum Gasteiger partial charge on any atom is -0.357 e. The summed E-state index contributed by atoms with van der Waals surface area (Å²) >= 11 is 0. The first-order valence-corrected chi connectivity index (χ1v) is 17.1. The summed E-state index contributed by atoms with van der Waals surface area (Å²) in [6.45, 7) is 6.40. The van der Waals surface area contributed by atoms with Crippen LogP contribution in [-0.2, 0) is 6.67 Å². The van der Waals surface area contributed by atoms with Crippen LogP contribution in [0.15, 0.2) is 156 Å². The zero-order valence-corrected chi connectivity index (χ0v) is 28.2. The van der Waals surface area contributed by atoms with Gasteiger partial charge in [0.05, 0.1) is 12.2 Å². The molecule has 1 aliphatic carbocycles. The van der Waals surface area contributed by atoms with Gasteiger partial charge in [-0.1, -0.05) is 152 Å². The second kappa shape index (κ2) is 15.0. The minimum absolute atomic E-state index is 0.497. The molecule has 4 heteroatoms. The van der Waals surface area contributed by atoms with Crippen LogP contribution >= 0.6 is 0 Å². The van der Waals surface area contributed by atoms with Gasteiger partial charge < -0.3 is 15.2 Å². The van der Waals surface area contributed by atoms with Crippen LogP contribution in [0.5, 0.6) is 0 Å². The first kappa shape index (κ1) is 31.9. The van der Waals surface area contributed by atoms with Gasteiger partial charge in [-0.3, -0.25) is 0 Å². The molecule has 0 radical (unpaired) electrons. The third-order valence-corrected chi connectivity index (χ3v) is 9.12. The number of nitrogens with one attached hydrogen (secondary N) is 2. The standard InChI is InChI=1S/C45H42N4/c1-3-46-31-47-45(37-20-14-19-36(29-37)35-17-8-5-9-18-35)48-32-49-30-38(42-22-12-13-24-44(42)49)25-26-40-33(2)27-39(28-34-15-6-4-7-16-34)41-21-10-11-23-43(40)41/h4-26,28-30,46H,3,27,31-32H2,1-2H3,(H,47,48)/b26-25?,39-28+. The number of rotatable bonds is 10. The second-order valence-electron chi connectivity index (χ2n) is 12.5. The summed E-state index contributed by atoms with van der Waals surface area (Å²) in [5, 5.41) is 8.14. The number of hydrogen-bond donors (Lipinski definition) is 2. The van der Waals surface area contributed by atoms with Gasteiger partial charge in [0.15, 0.2) is 0 Å². The van der Waals surface area contributed by atoms with E-state index in [2.05, 4.69) is 187 Å². The molecule has 49 heavy (non-hydrogen) atoms. The molecular formula is C45H42N4. The maximum absolute atomic E-state index is 5.16. The van der Waals surface area contributed by atoms with Gasteiger partial charge in [-0.25, -0.2) is 4.99 Å². The van der Waals surface area contributed by atoms with E-state index < -0.39 is 0 Å². The number of para-hydroxylation sites is 1. The molecule has 1 heterocycles. The first-order chi connectivity index (χ1) is 24.2. The maximum atomic E-state index is 5.16. The molecule has 0 saturated carbocycles. The minimum atomic E-state index is 0.497. The van der Waals surface area contributed by atoms with Crippen molar-refractivity contribution in [3.05, 3.63) is 179 Å². The van der Waals surface area contributed by atoms with Crippen LogP contribution < -0.4 is 10.6 Å². The molecule has 0 bridgehead atoms. The third kappa shape index (κ3) is 7.25. The van der Waals surface area contributed by atoms with E-state index in [4.69, 9.17) is 4.99 Å². The van der Waals surface area contributed by atoms with Crippen molar-refractivity contribution < 1.29 is 0 Å². The Bertz CT molecular complexity index is 2180. The lowest BCUT2D eigenvalue weighted by Crippen LogP contribution is -2.34. The summed E-state index contributed by atoms with van der Waals surface area (Å²) in [4.78, 5) is 5.16. The van der Waals surface area contributed by atoms with Gasteiger partial charge in [-0.2, -0.15) is 0 Å². The summed E-state index contributed by atoms with van der Waals surface area (Å²) in [5.74, 6) is 0.868. The van der Waals surface area contributed by atoms with Crippen molar-refractivity contribution in [1.82, 2.24) is 15.2 Å². The Morgan fingerprint density at radius 3 is 2.29 bits per heavy atom. The fourth-order valence-corrected chi connectivity index (χ4v) is 6.66. The molecule has 4 nitrogen and oxygen atoms in total. The molecule has 0 aliphatic heterocycles. The number of allylic oxidation sites excluding steroid dienone is 4. The van der Waals surface area contributed by atoms with E-state index in [0.717, 1.165) is 29.9 Å². The van der Waals surface area contributed by atoms with Crippen molar-refractivity contribution in [2.24, 2.45) is 4.99 Å². The molecule has 7 rings (SSSR count). The number of aromatic nitrogens is 1. The molecule has 5 aromatic carbocycles. The van der Waals surface area contributed by atoms with Crippen LogP contribution in [0.3, 0.4) is 0 Å². The Labute approximate surface area is 289 Å². The van der Waals surface area contributed by atoms with E-state index in [1.165, 1.54) is 55.5 Å². The summed E-state index contributed by atoms with van der Waals surface area (Å²) in [5.41, 5.74) is 13.6. The lowest BCUT2D eigenvalue weighted by molar-refractivity contribution is 0.685. The number of hydrogen-bond acceptors (Lipinski definition) is 2. The molecular weight excluding hydrogens is 597 g/mol. The van der Waals surface area contributed by atoms with Crippen molar-refractivity contribution in [3.8, 4) is 11.1 Å². The smallest absolute Gasteiger partial charge is 0.131 e. The Hall–Kier alpha value is -5.71. The summed E-state index contributed by atoms with van der Waals surface area (Å²) in [7, 11) is 0. The number of amidine groups is 1. The van der Waals surface area contributed by atoms with Gasteiger partial charge in [0.2, 0.25) is 0 Å². The van der Waals surface area contributed by atoms with Gasteiger partial charge in [-0.15, -0.1) is 0 Å². The second-order valence-corrected chi connectivity index (χ2v) is 12.5. The van der Waals surface area contributed by atoms with E-state index >= 15 is 0 Å². The molecule has 2 N–H and O–H groups in total. The molecule has 6 aromatic rings. The predicted octanol–water partition coefficient (Wildman–Crippen LogP) is 10.3. The number of aliphatic imine (C=N–C) groups is 1. The summed E-state index contributed by atoms with van der Waals surface area (Å²) < 4.78 is 2.25. The molecule has 1 aliphatic rings. The monoisotopic (exact) mass is 638 g/mol. The first-order valence-electron chi connectivity index (χ1n) is 17.1. The zero-order chi connectivity index (χ0) is 33.4. The van der Waals surface area contributed by atoms with Crippen molar-refractivity contribution in [2.75, 3.05) is 13.2 Å². The van der Waals surface area contributed by atoms with Gasteiger partial charge >= 0.3 is 0 Å². The highest BCUT2D eigenvalue weighted by atomic mass is 15.1. The quantitative estimate of drug-likeness (QED) is 0.0679. The highest BCUT2D eigenvalue weighted by Crippen LogP contribution is 2.40. The molecule has 0 amide bonds. The van der Waals surface area contributed by atoms with Crippen LogP contribution in [0.2, 0.25) is 0 Å². The Balaban J connectivity index is 1.20. The lowest BCUT2D eigenvalue weighted by Gasteiger charge is -2.22. The van der Waals surface area contributed by atoms with E-state index in [1.54, 1.807) is 0 Å². The SMILES string of the molecule is CCNCN/C(=N\Cn1cc(C=CC2=C(C)C/C(=C\c3ccccc3)c3ccccc32)c2ccccc21)c1cccc(-c2ccccc2)c1. The number of benzene rings is 5. The van der Waals surface area contributed by atoms with E-state index in [1.807, 2.05) is 0 Å². The number of nitrogens with zero attached hydrogens (tertiary/aromatic N) is 2.